The van der Waals surface area contributed by atoms with Crippen LogP contribution < -0.4 is 4.90 Å². The van der Waals surface area contributed by atoms with Crippen molar-refractivity contribution < 1.29 is 5.11 Å². The average Bonchev–Trinajstić information content (AvgIpc) is 2.37. The number of anilines is 1. The summed E-state index contributed by atoms with van der Waals surface area (Å²) < 4.78 is 1.08. The fourth-order valence-electron chi connectivity index (χ4n) is 2.81. The second kappa shape index (κ2) is 4.76. The van der Waals surface area contributed by atoms with Crippen molar-refractivity contribution in [1.29, 1.82) is 0 Å². The molecule has 2 aromatic rings. The van der Waals surface area contributed by atoms with E-state index in [1.807, 2.05) is 31.3 Å². The summed E-state index contributed by atoms with van der Waals surface area (Å²) in [6.45, 7) is 3.50. The minimum Gasteiger partial charge on any atom is -0.388 e. The normalized spacial score (nSPS) is 23.8. The Hall–Kier alpha value is -1.13. The van der Waals surface area contributed by atoms with Gasteiger partial charge in [0.15, 0.2) is 0 Å². The van der Waals surface area contributed by atoms with Crippen LogP contribution in [0.1, 0.15) is 19.8 Å². The van der Waals surface area contributed by atoms with E-state index in [2.05, 4.69) is 31.9 Å². The summed E-state index contributed by atoms with van der Waals surface area (Å²) in [6.07, 6.45) is 3.70. The van der Waals surface area contributed by atoms with Crippen LogP contribution in [0.15, 0.2) is 34.9 Å². The van der Waals surface area contributed by atoms with Gasteiger partial charge in [-0.1, -0.05) is 28.1 Å². The minimum atomic E-state index is -0.617. The number of pyridine rings is 1. The van der Waals surface area contributed by atoms with E-state index in [1.165, 1.54) is 0 Å². The number of β-amino-alcohol motifs (C(OH)–C–C–N with tert-alkyl or cyclic N) is 1. The standard InChI is InChI=1S/C15H17BrN2O/c1-15(19)7-3-9-18(10-15)14-12-4-2-5-13(16)11(12)6-8-17-14/h2,4-6,8,19H,3,7,9-10H2,1H3. The molecule has 0 aliphatic carbocycles. The van der Waals surface area contributed by atoms with Gasteiger partial charge in [0, 0.05) is 34.5 Å². The van der Waals surface area contributed by atoms with Gasteiger partial charge in [-0.15, -0.1) is 0 Å². The van der Waals surface area contributed by atoms with E-state index >= 15 is 0 Å². The second-order valence-corrected chi connectivity index (χ2v) is 6.35. The number of rotatable bonds is 1. The summed E-state index contributed by atoms with van der Waals surface area (Å²) in [5, 5.41) is 12.6. The molecule has 0 bridgehead atoms. The van der Waals surface area contributed by atoms with E-state index in [0.29, 0.717) is 6.54 Å². The lowest BCUT2D eigenvalue weighted by molar-refractivity contribution is 0.0448. The molecule has 1 saturated heterocycles. The van der Waals surface area contributed by atoms with Gasteiger partial charge in [-0.05, 0) is 31.9 Å². The molecule has 1 fully saturated rings. The van der Waals surface area contributed by atoms with Crippen molar-refractivity contribution in [3.05, 3.63) is 34.9 Å². The third-order valence-electron chi connectivity index (χ3n) is 3.71. The van der Waals surface area contributed by atoms with E-state index in [9.17, 15) is 5.11 Å². The number of halogens is 1. The molecule has 0 spiro atoms. The van der Waals surface area contributed by atoms with Crippen LogP contribution in [0, 0.1) is 0 Å². The predicted molar refractivity (Wildman–Crippen MR) is 81.5 cm³/mol. The van der Waals surface area contributed by atoms with E-state index in [1.54, 1.807) is 0 Å². The summed E-state index contributed by atoms with van der Waals surface area (Å²) in [5.74, 6) is 0.971. The topological polar surface area (TPSA) is 36.4 Å². The van der Waals surface area contributed by atoms with Gasteiger partial charge in [0.05, 0.1) is 5.60 Å². The van der Waals surface area contributed by atoms with Crippen molar-refractivity contribution in [2.45, 2.75) is 25.4 Å². The zero-order valence-electron chi connectivity index (χ0n) is 10.9. The van der Waals surface area contributed by atoms with Crippen LogP contribution in [0.25, 0.3) is 10.8 Å². The fraction of sp³-hybridized carbons (Fsp3) is 0.400. The largest absolute Gasteiger partial charge is 0.388 e. The summed E-state index contributed by atoms with van der Waals surface area (Å²) in [5.41, 5.74) is -0.617. The first-order chi connectivity index (χ1) is 9.07. The van der Waals surface area contributed by atoms with Gasteiger partial charge in [0.1, 0.15) is 5.82 Å². The van der Waals surface area contributed by atoms with Crippen LogP contribution in [0.3, 0.4) is 0 Å². The maximum absolute atomic E-state index is 10.3. The third kappa shape index (κ3) is 2.47. The molecule has 1 N–H and O–H groups in total. The Morgan fingerprint density at radius 3 is 2.95 bits per heavy atom. The van der Waals surface area contributed by atoms with Crippen molar-refractivity contribution >= 4 is 32.5 Å². The van der Waals surface area contributed by atoms with Crippen molar-refractivity contribution in [2.75, 3.05) is 18.0 Å². The molecule has 0 amide bonds. The molecule has 1 aromatic heterocycles. The highest BCUT2D eigenvalue weighted by Gasteiger charge is 2.29. The van der Waals surface area contributed by atoms with Crippen molar-refractivity contribution in [2.24, 2.45) is 0 Å². The Morgan fingerprint density at radius 2 is 2.16 bits per heavy atom. The Labute approximate surface area is 121 Å². The molecule has 1 aromatic carbocycles. The maximum Gasteiger partial charge on any atom is 0.136 e. The highest BCUT2D eigenvalue weighted by atomic mass is 79.9. The van der Waals surface area contributed by atoms with Crippen LogP contribution in [-0.4, -0.2) is 28.8 Å². The number of benzene rings is 1. The molecule has 3 nitrogen and oxygen atoms in total. The number of piperidine rings is 1. The Balaban J connectivity index is 2.08. The number of nitrogens with zero attached hydrogens (tertiary/aromatic N) is 2. The lowest BCUT2D eigenvalue weighted by Gasteiger charge is -2.38. The summed E-state index contributed by atoms with van der Waals surface area (Å²) in [4.78, 5) is 6.72. The third-order valence-corrected chi connectivity index (χ3v) is 4.40. The maximum atomic E-state index is 10.3. The first-order valence-corrected chi connectivity index (χ1v) is 7.37. The van der Waals surface area contributed by atoms with Crippen molar-refractivity contribution in [3.8, 4) is 0 Å². The van der Waals surface area contributed by atoms with Crippen molar-refractivity contribution in [1.82, 2.24) is 4.98 Å². The molecule has 2 heterocycles. The van der Waals surface area contributed by atoms with Crippen molar-refractivity contribution in [3.63, 3.8) is 0 Å². The molecular formula is C15H17BrN2O. The first-order valence-electron chi connectivity index (χ1n) is 6.57. The highest BCUT2D eigenvalue weighted by Crippen LogP contribution is 2.32. The second-order valence-electron chi connectivity index (χ2n) is 5.49. The summed E-state index contributed by atoms with van der Waals surface area (Å²) >= 11 is 3.58. The van der Waals surface area contributed by atoms with Gasteiger partial charge in [0.2, 0.25) is 0 Å². The minimum absolute atomic E-state index is 0.617. The number of fused-ring (bicyclic) bond motifs is 1. The van der Waals surface area contributed by atoms with Gasteiger partial charge in [-0.3, -0.25) is 0 Å². The number of aromatic nitrogens is 1. The van der Waals surface area contributed by atoms with Gasteiger partial charge >= 0.3 is 0 Å². The average molecular weight is 321 g/mol. The zero-order chi connectivity index (χ0) is 13.5. The lowest BCUT2D eigenvalue weighted by Crippen LogP contribution is -2.46. The number of hydrogen-bond donors (Lipinski definition) is 1. The molecule has 1 aliphatic heterocycles. The first kappa shape index (κ1) is 12.9. The number of aliphatic hydroxyl groups is 1. The predicted octanol–water partition coefficient (Wildman–Crippen LogP) is 3.35. The van der Waals surface area contributed by atoms with E-state index < -0.39 is 5.60 Å². The van der Waals surface area contributed by atoms with E-state index in [4.69, 9.17) is 0 Å². The smallest absolute Gasteiger partial charge is 0.136 e. The molecule has 4 heteroatoms. The SMILES string of the molecule is CC1(O)CCCN(c2nccc3c(Br)cccc23)C1. The summed E-state index contributed by atoms with van der Waals surface area (Å²) in [7, 11) is 0. The monoisotopic (exact) mass is 320 g/mol. The van der Waals surface area contributed by atoms with Gasteiger partial charge in [-0.25, -0.2) is 4.98 Å². The molecule has 3 rings (SSSR count). The van der Waals surface area contributed by atoms with Crippen LogP contribution >= 0.6 is 15.9 Å². The van der Waals surface area contributed by atoms with Crippen LogP contribution in [0.5, 0.6) is 0 Å². The molecule has 19 heavy (non-hydrogen) atoms. The van der Waals surface area contributed by atoms with E-state index in [-0.39, 0.29) is 0 Å². The van der Waals surface area contributed by atoms with Gasteiger partial charge in [0.25, 0.3) is 0 Å². The molecular weight excluding hydrogens is 304 g/mol. The number of hydrogen-bond acceptors (Lipinski definition) is 3. The molecule has 100 valence electrons. The Morgan fingerprint density at radius 1 is 1.32 bits per heavy atom. The summed E-state index contributed by atoms with van der Waals surface area (Å²) in [6, 6.07) is 8.18. The van der Waals surface area contributed by atoms with Crippen LogP contribution in [0.2, 0.25) is 0 Å². The van der Waals surface area contributed by atoms with Crippen LogP contribution in [-0.2, 0) is 0 Å². The fourth-order valence-corrected chi connectivity index (χ4v) is 3.30. The Kier molecular flexibility index (Phi) is 3.23. The molecule has 0 radical (unpaired) electrons. The quantitative estimate of drug-likeness (QED) is 0.875. The van der Waals surface area contributed by atoms with E-state index in [0.717, 1.165) is 40.4 Å². The highest BCUT2D eigenvalue weighted by molar-refractivity contribution is 9.10. The molecule has 1 atom stereocenters. The van der Waals surface area contributed by atoms with Gasteiger partial charge in [-0.2, -0.15) is 0 Å². The zero-order valence-corrected chi connectivity index (χ0v) is 12.5. The molecule has 0 saturated carbocycles. The Bertz CT molecular complexity index is 612. The van der Waals surface area contributed by atoms with Gasteiger partial charge < -0.3 is 10.0 Å². The molecule has 1 aliphatic rings. The lowest BCUT2D eigenvalue weighted by atomic mass is 9.95. The molecule has 1 unspecified atom stereocenters. The van der Waals surface area contributed by atoms with Crippen LogP contribution in [0.4, 0.5) is 5.82 Å².